The summed E-state index contributed by atoms with van der Waals surface area (Å²) in [4.78, 5) is 63.8. The summed E-state index contributed by atoms with van der Waals surface area (Å²) in [5.74, 6) is -6.74. The van der Waals surface area contributed by atoms with E-state index in [0.717, 1.165) is 15.9 Å². The van der Waals surface area contributed by atoms with Gasteiger partial charge >= 0.3 is 0 Å². The summed E-state index contributed by atoms with van der Waals surface area (Å²) in [5, 5.41) is 5.64. The predicted molar refractivity (Wildman–Crippen MR) is 238 cm³/mol. The van der Waals surface area contributed by atoms with E-state index in [1.807, 2.05) is 0 Å². The van der Waals surface area contributed by atoms with E-state index >= 15 is 8.78 Å². The highest BCUT2D eigenvalue weighted by molar-refractivity contribution is 6.30. The molecule has 2 aliphatic heterocycles. The molecule has 0 radical (unpaired) electrons. The molecular formula is C50H38ClF5N6O4. The number of carbonyl (C=O) groups excluding carboxylic acids is 4. The van der Waals surface area contributed by atoms with Gasteiger partial charge in [0.05, 0.1) is 30.6 Å². The predicted octanol–water partition coefficient (Wildman–Crippen LogP) is 9.48. The first-order valence-electron chi connectivity index (χ1n) is 20.7. The molecule has 2 saturated heterocycles. The van der Waals surface area contributed by atoms with E-state index in [0.29, 0.717) is 44.2 Å². The van der Waals surface area contributed by atoms with Crippen LogP contribution in [0, 0.1) is 29.5 Å². The fraction of sp³-hybridized carbons (Fsp3) is 0.200. The van der Waals surface area contributed by atoms with Gasteiger partial charge in [0.15, 0.2) is 0 Å². The Kier molecular flexibility index (Phi) is 13.0. The molecule has 2 unspecified atom stereocenters. The maximum Gasteiger partial charge on any atom is 0.266 e. The van der Waals surface area contributed by atoms with Gasteiger partial charge in [-0.2, -0.15) is 0 Å². The lowest BCUT2D eigenvalue weighted by atomic mass is 9.93. The van der Waals surface area contributed by atoms with E-state index < -0.39 is 79.1 Å². The molecule has 4 heterocycles. The number of alkyl halides is 4. The Hall–Kier alpha value is -7.44. The van der Waals surface area contributed by atoms with Crippen molar-refractivity contribution in [3.8, 4) is 34.2 Å². The summed E-state index contributed by atoms with van der Waals surface area (Å²) in [5.41, 5.74) is 3.50. The molecule has 4 aromatic carbocycles. The zero-order valence-corrected chi connectivity index (χ0v) is 35.5. The second-order valence-corrected chi connectivity index (χ2v) is 16.6. The molecule has 0 spiro atoms. The number of nitrogens with zero attached hydrogens (tertiary/aromatic N) is 4. The van der Waals surface area contributed by atoms with E-state index in [2.05, 4.69) is 32.4 Å². The number of carbonyl (C=O) groups is 4. The first-order valence-corrected chi connectivity index (χ1v) is 21.1. The van der Waals surface area contributed by atoms with Gasteiger partial charge < -0.3 is 20.4 Å². The highest BCUT2D eigenvalue weighted by atomic mass is 35.5. The van der Waals surface area contributed by atoms with Crippen LogP contribution in [0.25, 0.3) is 22.4 Å². The van der Waals surface area contributed by atoms with Crippen molar-refractivity contribution in [2.45, 2.75) is 24.7 Å². The number of aromatic nitrogens is 2. The molecule has 2 fully saturated rings. The van der Waals surface area contributed by atoms with E-state index in [-0.39, 0.29) is 29.9 Å². The summed E-state index contributed by atoms with van der Waals surface area (Å²) < 4.78 is 74.8. The number of likely N-dealkylation sites (tertiary alicyclic amines) is 2. The van der Waals surface area contributed by atoms with E-state index in [4.69, 9.17) is 11.6 Å². The quantitative estimate of drug-likeness (QED) is 0.116. The highest BCUT2D eigenvalue weighted by Crippen LogP contribution is 2.35. The van der Waals surface area contributed by atoms with Crippen molar-refractivity contribution in [3.63, 3.8) is 0 Å². The van der Waals surface area contributed by atoms with Crippen LogP contribution in [0.4, 0.5) is 33.3 Å². The Morgan fingerprint density at radius 3 is 1.83 bits per heavy atom. The zero-order chi connectivity index (χ0) is 46.6. The number of anilines is 2. The Bertz CT molecular complexity index is 2910. The fourth-order valence-electron chi connectivity index (χ4n) is 8.00. The number of amides is 4. The molecule has 0 saturated carbocycles. The van der Waals surface area contributed by atoms with Crippen LogP contribution in [0.15, 0.2) is 134 Å². The van der Waals surface area contributed by atoms with Gasteiger partial charge in [-0.15, -0.1) is 0 Å². The molecule has 10 nitrogen and oxygen atoms in total. The van der Waals surface area contributed by atoms with E-state index in [1.54, 1.807) is 78.9 Å². The number of hydrogen-bond donors (Lipinski definition) is 2. The van der Waals surface area contributed by atoms with Crippen LogP contribution in [0.3, 0.4) is 0 Å². The molecule has 0 bridgehead atoms. The Morgan fingerprint density at radius 2 is 1.18 bits per heavy atom. The average molecular weight is 917 g/mol. The van der Waals surface area contributed by atoms with Crippen molar-refractivity contribution in [1.82, 2.24) is 19.8 Å². The van der Waals surface area contributed by atoms with Gasteiger partial charge in [0.1, 0.15) is 5.82 Å². The van der Waals surface area contributed by atoms with Crippen molar-refractivity contribution < 1.29 is 41.1 Å². The van der Waals surface area contributed by atoms with Crippen LogP contribution < -0.4 is 10.6 Å². The standard InChI is InChI=1S/C50H38ClF5N6O4/c51-40-7-3-9-43(24-40)60-46(64)38-25-49(53,54)29-61(27-38)47(65)35-6-2-5-34(20-35)44-19-32(12-17-58-44)11-10-31-4-1-8-42(18-31)59-45(63)39-26-50(55,56)30-62(28-39)48(66)37-21-36(22-41(52)23-37)33-13-15-57-16-14-33/h1-9,12-24,38-39H,25-30H2,(H,59,63)(H,60,64). The van der Waals surface area contributed by atoms with Crippen LogP contribution in [-0.4, -0.2) is 81.4 Å². The van der Waals surface area contributed by atoms with Gasteiger partial charge in [0.25, 0.3) is 23.7 Å². The zero-order valence-electron chi connectivity index (χ0n) is 34.8. The third kappa shape index (κ3) is 11.1. The molecule has 8 rings (SSSR count). The summed E-state index contributed by atoms with van der Waals surface area (Å²) in [6.07, 6.45) is 3.00. The monoisotopic (exact) mass is 916 g/mol. The summed E-state index contributed by atoms with van der Waals surface area (Å²) >= 11 is 6.00. The van der Waals surface area contributed by atoms with Gasteiger partial charge in [0, 0.05) is 88.7 Å². The Balaban J connectivity index is 0.922. The minimum Gasteiger partial charge on any atom is -0.332 e. The molecule has 6 aromatic rings. The first kappa shape index (κ1) is 45.1. The number of nitrogens with one attached hydrogen (secondary N) is 2. The lowest BCUT2D eigenvalue weighted by molar-refractivity contribution is -0.130. The Morgan fingerprint density at radius 1 is 0.606 bits per heavy atom. The van der Waals surface area contributed by atoms with Gasteiger partial charge in [0.2, 0.25) is 11.8 Å². The minimum atomic E-state index is -3.39. The normalized spacial score (nSPS) is 17.5. The SMILES string of the molecule is O=C(Nc1cccc(C#Cc2ccnc(-c3cccc(C(=O)N4CC(C(=O)Nc5cccc(Cl)c5)CC(F)(F)C4)c3)c2)c1)C1CN(C(=O)c2cc(F)cc(-c3ccncc3)c2)CC(F)(F)C1. The third-order valence-corrected chi connectivity index (χ3v) is 11.3. The average Bonchev–Trinajstić information content (AvgIpc) is 3.29. The maximum atomic E-state index is 15.1. The molecule has 4 amide bonds. The largest absolute Gasteiger partial charge is 0.332 e. The second kappa shape index (κ2) is 19.0. The van der Waals surface area contributed by atoms with Crippen LogP contribution >= 0.6 is 11.6 Å². The van der Waals surface area contributed by atoms with Crippen molar-refractivity contribution in [2.24, 2.45) is 11.8 Å². The van der Waals surface area contributed by atoms with Gasteiger partial charge in [-0.1, -0.05) is 47.7 Å². The summed E-state index contributed by atoms with van der Waals surface area (Å²) in [6.45, 7) is -2.32. The first-order chi connectivity index (χ1) is 31.6. The number of pyridine rings is 2. The van der Waals surface area contributed by atoms with Crippen molar-refractivity contribution in [3.05, 3.63) is 167 Å². The van der Waals surface area contributed by atoms with Crippen molar-refractivity contribution in [1.29, 1.82) is 0 Å². The lowest BCUT2D eigenvalue weighted by Gasteiger charge is -2.37. The number of rotatable bonds is 8. The van der Waals surface area contributed by atoms with Gasteiger partial charge in [-0.25, -0.2) is 22.0 Å². The third-order valence-electron chi connectivity index (χ3n) is 11.0. The van der Waals surface area contributed by atoms with Crippen LogP contribution in [0.5, 0.6) is 0 Å². The van der Waals surface area contributed by atoms with Crippen LogP contribution in [-0.2, 0) is 9.59 Å². The number of hydrogen-bond acceptors (Lipinski definition) is 6. The second-order valence-electron chi connectivity index (χ2n) is 16.2. The van der Waals surface area contributed by atoms with E-state index in [9.17, 15) is 32.3 Å². The lowest BCUT2D eigenvalue weighted by Crippen LogP contribution is -2.52. The minimum absolute atomic E-state index is 0.120. The summed E-state index contributed by atoms with van der Waals surface area (Å²) in [7, 11) is 0. The summed E-state index contributed by atoms with van der Waals surface area (Å²) in [6, 6.07) is 29.3. The molecule has 16 heteroatoms. The van der Waals surface area contributed by atoms with Crippen LogP contribution in [0.2, 0.25) is 5.02 Å². The topological polar surface area (TPSA) is 125 Å². The fourth-order valence-corrected chi connectivity index (χ4v) is 8.19. The molecule has 0 aliphatic carbocycles. The van der Waals surface area contributed by atoms with Crippen molar-refractivity contribution >= 4 is 46.6 Å². The molecule has 2 aromatic heterocycles. The molecule has 2 aliphatic rings. The smallest absolute Gasteiger partial charge is 0.266 e. The molecular weight excluding hydrogens is 879 g/mol. The molecule has 2 N–H and O–H groups in total. The number of benzene rings is 4. The van der Waals surface area contributed by atoms with Crippen LogP contribution in [0.1, 0.15) is 44.7 Å². The number of piperidine rings is 2. The number of halogens is 6. The van der Waals surface area contributed by atoms with Gasteiger partial charge in [-0.05, 0) is 102 Å². The molecule has 2 atom stereocenters. The molecule has 334 valence electrons. The van der Waals surface area contributed by atoms with E-state index in [1.165, 1.54) is 48.9 Å². The Labute approximate surface area is 380 Å². The highest BCUT2D eigenvalue weighted by Gasteiger charge is 2.46. The molecule has 66 heavy (non-hydrogen) atoms. The van der Waals surface area contributed by atoms with Gasteiger partial charge in [-0.3, -0.25) is 29.1 Å². The van der Waals surface area contributed by atoms with Crippen molar-refractivity contribution in [2.75, 3.05) is 36.8 Å². The maximum absolute atomic E-state index is 15.1.